The maximum Gasteiger partial charge on any atom is 0.469 e. The second kappa shape index (κ2) is 31.0. The van der Waals surface area contributed by atoms with Crippen molar-refractivity contribution >= 4 is 19.8 Å². The fourth-order valence-electron chi connectivity index (χ4n) is 5.20. The smallest absolute Gasteiger partial charge is 0.462 e. The zero-order valence-electron chi connectivity index (χ0n) is 27.9. The molecular weight excluding hydrogens is 567 g/mol. The van der Waals surface area contributed by atoms with Gasteiger partial charge in [-0.25, -0.2) is 4.57 Å². The Hall–Kier alpha value is -0.950. The van der Waals surface area contributed by atoms with Crippen molar-refractivity contribution in [2.24, 2.45) is 0 Å². The number of carbonyl (C=O) groups is 2. The minimum Gasteiger partial charge on any atom is -0.462 e. The molecule has 0 bridgehead atoms. The third-order valence-electron chi connectivity index (χ3n) is 7.88. The highest BCUT2D eigenvalue weighted by atomic mass is 31.2. The van der Waals surface area contributed by atoms with Gasteiger partial charge in [0.25, 0.3) is 0 Å². The van der Waals surface area contributed by atoms with Crippen LogP contribution in [0.15, 0.2) is 0 Å². The molecule has 256 valence electrons. The van der Waals surface area contributed by atoms with Crippen molar-refractivity contribution in [1.29, 1.82) is 0 Å². The van der Waals surface area contributed by atoms with E-state index in [1.807, 2.05) is 0 Å². The van der Waals surface area contributed by atoms with E-state index >= 15 is 0 Å². The highest BCUT2D eigenvalue weighted by molar-refractivity contribution is 7.46. The van der Waals surface area contributed by atoms with Gasteiger partial charge in [0.05, 0.1) is 6.61 Å². The molecule has 0 rings (SSSR count). The van der Waals surface area contributed by atoms with Gasteiger partial charge in [0.2, 0.25) is 0 Å². The molecular formula is C34H67O8P. The lowest BCUT2D eigenvalue weighted by Gasteiger charge is -2.18. The van der Waals surface area contributed by atoms with E-state index in [1.165, 1.54) is 122 Å². The van der Waals surface area contributed by atoms with E-state index in [0.29, 0.717) is 6.42 Å². The van der Waals surface area contributed by atoms with Crippen molar-refractivity contribution in [1.82, 2.24) is 0 Å². The molecule has 0 spiro atoms. The molecule has 2 N–H and O–H groups in total. The van der Waals surface area contributed by atoms with E-state index in [9.17, 15) is 14.2 Å². The van der Waals surface area contributed by atoms with Gasteiger partial charge in [0.1, 0.15) is 6.61 Å². The number of ether oxygens (including phenoxy) is 2. The average Bonchev–Trinajstić information content (AvgIpc) is 2.97. The van der Waals surface area contributed by atoms with Crippen LogP contribution in [0.3, 0.4) is 0 Å². The SMILES string of the molecule is CCCCCCCCCCCCCCCCCCCCC(=O)OC(COC(=O)CCCCCCCCC)COP(=O)(O)O. The van der Waals surface area contributed by atoms with Crippen molar-refractivity contribution in [2.45, 2.75) is 193 Å². The van der Waals surface area contributed by atoms with Gasteiger partial charge < -0.3 is 19.3 Å². The molecule has 0 heterocycles. The van der Waals surface area contributed by atoms with Gasteiger partial charge in [-0.1, -0.05) is 162 Å². The van der Waals surface area contributed by atoms with Crippen molar-refractivity contribution < 1.29 is 37.9 Å². The summed E-state index contributed by atoms with van der Waals surface area (Å²) in [5, 5.41) is 0. The first-order chi connectivity index (χ1) is 20.8. The predicted molar refractivity (Wildman–Crippen MR) is 175 cm³/mol. The molecule has 0 amide bonds. The predicted octanol–water partition coefficient (Wildman–Crippen LogP) is 10.1. The number of phosphoric ester groups is 1. The summed E-state index contributed by atoms with van der Waals surface area (Å²) >= 11 is 0. The summed E-state index contributed by atoms with van der Waals surface area (Å²) in [7, 11) is -4.73. The molecule has 1 unspecified atom stereocenters. The maximum absolute atomic E-state index is 12.3. The fraction of sp³-hybridized carbons (Fsp3) is 0.941. The van der Waals surface area contributed by atoms with Gasteiger partial charge in [-0.15, -0.1) is 0 Å². The standard InChI is InChI=1S/C34H67O8P/c1-3-5-7-9-11-12-13-14-15-16-17-18-19-20-21-23-25-27-29-34(36)42-32(31-41-43(37,38)39)30-40-33(35)28-26-24-22-10-8-6-4-2/h32H,3-31H2,1-2H3,(H2,37,38,39). The van der Waals surface area contributed by atoms with E-state index in [1.54, 1.807) is 0 Å². The van der Waals surface area contributed by atoms with Crippen LogP contribution in [-0.4, -0.2) is 41.0 Å². The van der Waals surface area contributed by atoms with Crippen LogP contribution < -0.4 is 0 Å². The third kappa shape index (κ3) is 33.8. The molecule has 1 atom stereocenters. The van der Waals surface area contributed by atoms with E-state index in [4.69, 9.17) is 19.3 Å². The molecule has 0 aromatic heterocycles. The molecule has 0 fully saturated rings. The van der Waals surface area contributed by atoms with Crippen LogP contribution in [0.2, 0.25) is 0 Å². The number of unbranched alkanes of at least 4 members (excludes halogenated alkanes) is 23. The summed E-state index contributed by atoms with van der Waals surface area (Å²) in [5.74, 6) is -0.881. The summed E-state index contributed by atoms with van der Waals surface area (Å²) in [6.07, 6.45) is 29.9. The number of esters is 2. The van der Waals surface area contributed by atoms with E-state index < -0.39 is 32.5 Å². The zero-order chi connectivity index (χ0) is 31.9. The Kier molecular flexibility index (Phi) is 30.4. The molecule has 0 aliphatic rings. The number of hydrogen-bond donors (Lipinski definition) is 2. The molecule has 0 saturated heterocycles. The number of rotatable bonds is 33. The normalized spacial score (nSPS) is 12.4. The van der Waals surface area contributed by atoms with Crippen LogP contribution in [0.25, 0.3) is 0 Å². The molecule has 9 heteroatoms. The number of phosphoric acid groups is 1. The first kappa shape index (κ1) is 42.0. The number of hydrogen-bond acceptors (Lipinski definition) is 6. The monoisotopic (exact) mass is 634 g/mol. The van der Waals surface area contributed by atoms with Crippen LogP contribution in [0.1, 0.15) is 187 Å². The lowest BCUT2D eigenvalue weighted by molar-refractivity contribution is -0.161. The van der Waals surface area contributed by atoms with E-state index in [0.717, 1.165) is 32.1 Å². The van der Waals surface area contributed by atoms with Gasteiger partial charge in [-0.05, 0) is 12.8 Å². The van der Waals surface area contributed by atoms with Crippen LogP contribution in [0.4, 0.5) is 0 Å². The summed E-state index contributed by atoms with van der Waals surface area (Å²) in [6.45, 7) is 3.63. The summed E-state index contributed by atoms with van der Waals surface area (Å²) in [4.78, 5) is 42.4. The second-order valence-electron chi connectivity index (χ2n) is 12.2. The van der Waals surface area contributed by atoms with Gasteiger partial charge in [-0.2, -0.15) is 0 Å². The van der Waals surface area contributed by atoms with Crippen LogP contribution >= 0.6 is 7.82 Å². The van der Waals surface area contributed by atoms with Crippen LogP contribution in [0.5, 0.6) is 0 Å². The lowest BCUT2D eigenvalue weighted by Crippen LogP contribution is -2.29. The molecule has 0 aromatic carbocycles. The van der Waals surface area contributed by atoms with Gasteiger partial charge in [-0.3, -0.25) is 14.1 Å². The van der Waals surface area contributed by atoms with Gasteiger partial charge in [0, 0.05) is 12.8 Å². The largest absolute Gasteiger partial charge is 0.469 e. The molecule has 0 aliphatic carbocycles. The topological polar surface area (TPSA) is 119 Å². The van der Waals surface area contributed by atoms with Crippen LogP contribution in [-0.2, 0) is 28.2 Å². The van der Waals surface area contributed by atoms with Crippen molar-refractivity contribution in [3.63, 3.8) is 0 Å². The Balaban J connectivity index is 3.85. The molecule has 8 nitrogen and oxygen atoms in total. The fourth-order valence-corrected chi connectivity index (χ4v) is 5.56. The maximum atomic E-state index is 12.3. The quantitative estimate of drug-likeness (QED) is 0.0416. The molecule has 0 aromatic rings. The zero-order valence-corrected chi connectivity index (χ0v) is 28.8. The number of carbonyl (C=O) groups excluding carboxylic acids is 2. The summed E-state index contributed by atoms with van der Waals surface area (Å²) < 4.78 is 26.1. The average molecular weight is 635 g/mol. The molecule has 43 heavy (non-hydrogen) atoms. The van der Waals surface area contributed by atoms with E-state index in [2.05, 4.69) is 18.4 Å². The summed E-state index contributed by atoms with van der Waals surface area (Å²) in [6, 6.07) is 0. The first-order valence-electron chi connectivity index (χ1n) is 17.8. The van der Waals surface area contributed by atoms with Crippen molar-refractivity contribution in [2.75, 3.05) is 13.2 Å². The van der Waals surface area contributed by atoms with Crippen LogP contribution in [0, 0.1) is 0 Å². The Labute approximate surface area is 264 Å². The third-order valence-corrected chi connectivity index (χ3v) is 8.36. The molecule has 0 radical (unpaired) electrons. The highest BCUT2D eigenvalue weighted by Gasteiger charge is 2.22. The lowest BCUT2D eigenvalue weighted by atomic mass is 10.0. The minimum absolute atomic E-state index is 0.219. The van der Waals surface area contributed by atoms with E-state index in [-0.39, 0.29) is 19.4 Å². The Morgan fingerprint density at radius 3 is 1.19 bits per heavy atom. The van der Waals surface area contributed by atoms with Gasteiger partial charge in [0.15, 0.2) is 6.10 Å². The molecule has 0 aliphatic heterocycles. The molecule has 0 saturated carbocycles. The second-order valence-corrected chi connectivity index (χ2v) is 13.5. The Morgan fingerprint density at radius 2 is 0.837 bits per heavy atom. The minimum atomic E-state index is -4.73. The van der Waals surface area contributed by atoms with Crippen molar-refractivity contribution in [3.05, 3.63) is 0 Å². The highest BCUT2D eigenvalue weighted by Crippen LogP contribution is 2.36. The first-order valence-corrected chi connectivity index (χ1v) is 19.4. The van der Waals surface area contributed by atoms with Gasteiger partial charge >= 0.3 is 19.8 Å². The Morgan fingerprint density at radius 1 is 0.512 bits per heavy atom. The Bertz CT molecular complexity index is 681. The van der Waals surface area contributed by atoms with Crippen molar-refractivity contribution in [3.8, 4) is 0 Å². The summed E-state index contributed by atoms with van der Waals surface area (Å²) in [5.41, 5.74) is 0.